The maximum Gasteiger partial charge on any atom is 0.290 e. The molecule has 8 heteroatoms. The van der Waals surface area contributed by atoms with Crippen molar-refractivity contribution in [2.75, 3.05) is 44.7 Å². The summed E-state index contributed by atoms with van der Waals surface area (Å²) in [7, 11) is 1.68. The molecule has 1 aromatic heterocycles. The van der Waals surface area contributed by atoms with Crippen LogP contribution in [0.3, 0.4) is 0 Å². The van der Waals surface area contributed by atoms with Gasteiger partial charge in [0, 0.05) is 44.2 Å². The van der Waals surface area contributed by atoms with Crippen LogP contribution in [-0.2, 0) is 6.42 Å². The average Bonchev–Trinajstić information content (AvgIpc) is 3.07. The molecule has 0 spiro atoms. The molecule has 0 atom stereocenters. The Kier molecular flexibility index (Phi) is 6.37. The fourth-order valence-corrected chi connectivity index (χ4v) is 4.17. The Balaban J connectivity index is 1.38. The van der Waals surface area contributed by atoms with Crippen molar-refractivity contribution in [1.29, 1.82) is 0 Å². The summed E-state index contributed by atoms with van der Waals surface area (Å²) in [6, 6.07) is 15.1. The van der Waals surface area contributed by atoms with Crippen LogP contribution in [0.1, 0.15) is 5.69 Å². The zero-order valence-electron chi connectivity index (χ0n) is 16.8. The fraction of sp³-hybridized carbons (Fsp3) is 0.318. The Morgan fingerprint density at radius 2 is 1.77 bits per heavy atom. The van der Waals surface area contributed by atoms with Gasteiger partial charge in [0.25, 0.3) is 5.56 Å². The van der Waals surface area contributed by atoms with E-state index in [1.165, 1.54) is 4.68 Å². The highest BCUT2D eigenvalue weighted by Crippen LogP contribution is 2.31. The highest BCUT2D eigenvalue weighted by Gasteiger charge is 2.21. The number of aromatic amines is 1. The first-order chi connectivity index (χ1) is 14.6. The molecule has 6 nitrogen and oxygen atoms in total. The zero-order chi connectivity index (χ0) is 21.1. The molecule has 0 saturated carbocycles. The average molecular weight is 447 g/mol. The van der Waals surface area contributed by atoms with Gasteiger partial charge >= 0.3 is 0 Å². The van der Waals surface area contributed by atoms with Gasteiger partial charge in [-0.2, -0.15) is 0 Å². The lowest BCUT2D eigenvalue weighted by molar-refractivity contribution is 0.259. The minimum atomic E-state index is -0.212. The first-order valence-corrected chi connectivity index (χ1v) is 10.7. The van der Waals surface area contributed by atoms with Crippen molar-refractivity contribution in [3.63, 3.8) is 0 Å². The number of hydrogen-bond donors (Lipinski definition) is 1. The Morgan fingerprint density at radius 3 is 2.47 bits per heavy atom. The Hall–Kier alpha value is -2.41. The number of H-pyrrole nitrogens is 1. The summed E-state index contributed by atoms with van der Waals surface area (Å²) < 4.78 is 6.99. The summed E-state index contributed by atoms with van der Waals surface area (Å²) in [5, 5.41) is 4.13. The molecule has 0 unspecified atom stereocenters. The van der Waals surface area contributed by atoms with Crippen LogP contribution in [0.5, 0.6) is 5.75 Å². The number of hydrogen-bond acceptors (Lipinski definition) is 4. The van der Waals surface area contributed by atoms with Crippen molar-refractivity contribution in [3.8, 4) is 11.4 Å². The van der Waals surface area contributed by atoms with Gasteiger partial charge in [0.1, 0.15) is 10.8 Å². The third-order valence-corrected chi connectivity index (χ3v) is 6.07. The van der Waals surface area contributed by atoms with E-state index in [0.29, 0.717) is 11.4 Å². The summed E-state index contributed by atoms with van der Waals surface area (Å²) >= 11 is 12.5. The minimum Gasteiger partial charge on any atom is -0.495 e. The minimum absolute atomic E-state index is 0.212. The number of ether oxygens (including phenoxy) is 1. The van der Waals surface area contributed by atoms with E-state index in [2.05, 4.69) is 14.9 Å². The SMILES string of the molecule is COc1ccc(Cl)cc1N1CCN(CCc2[nH]n(-c3ccccc3)c(=O)c2Cl)CC1. The van der Waals surface area contributed by atoms with Crippen LogP contribution in [0.15, 0.2) is 53.3 Å². The van der Waals surface area contributed by atoms with E-state index in [4.69, 9.17) is 27.9 Å². The van der Waals surface area contributed by atoms with E-state index in [0.717, 1.165) is 55.5 Å². The van der Waals surface area contributed by atoms with Gasteiger partial charge in [-0.25, -0.2) is 4.68 Å². The number of nitrogens with zero attached hydrogens (tertiary/aromatic N) is 3. The maximum atomic E-state index is 12.5. The fourth-order valence-electron chi connectivity index (χ4n) is 3.78. The van der Waals surface area contributed by atoms with Crippen LogP contribution < -0.4 is 15.2 Å². The zero-order valence-corrected chi connectivity index (χ0v) is 18.3. The third kappa shape index (κ3) is 4.36. The molecule has 1 fully saturated rings. The van der Waals surface area contributed by atoms with Crippen molar-refractivity contribution in [1.82, 2.24) is 14.7 Å². The second-order valence-electron chi connectivity index (χ2n) is 7.28. The number of halogens is 2. The van der Waals surface area contributed by atoms with E-state index in [9.17, 15) is 4.79 Å². The summed E-state index contributed by atoms with van der Waals surface area (Å²) in [5.74, 6) is 0.833. The lowest BCUT2D eigenvalue weighted by Gasteiger charge is -2.36. The molecule has 0 bridgehead atoms. The lowest BCUT2D eigenvalue weighted by atomic mass is 10.2. The van der Waals surface area contributed by atoms with Crippen LogP contribution in [0.25, 0.3) is 5.69 Å². The summed E-state index contributed by atoms with van der Waals surface area (Å²) in [5.41, 5.74) is 2.36. The van der Waals surface area contributed by atoms with E-state index in [1.54, 1.807) is 7.11 Å². The summed E-state index contributed by atoms with van der Waals surface area (Å²) in [6.45, 7) is 4.42. The van der Waals surface area contributed by atoms with Crippen LogP contribution in [0.2, 0.25) is 10.0 Å². The standard InChI is InChI=1S/C22H24Cl2N4O2/c1-30-20-8-7-16(23)15-19(20)27-13-11-26(12-14-27)10-9-18-21(24)22(29)28(25-18)17-5-3-2-4-6-17/h2-8,15,25H,9-14H2,1H3. The van der Waals surface area contributed by atoms with E-state index < -0.39 is 0 Å². The molecule has 0 radical (unpaired) electrons. The monoisotopic (exact) mass is 446 g/mol. The number of nitrogens with one attached hydrogen (secondary N) is 1. The van der Waals surface area contributed by atoms with E-state index in [-0.39, 0.29) is 10.6 Å². The molecule has 4 rings (SSSR count). The van der Waals surface area contributed by atoms with Crippen LogP contribution in [0.4, 0.5) is 5.69 Å². The number of benzene rings is 2. The number of rotatable bonds is 6. The first kappa shape index (κ1) is 20.8. The van der Waals surface area contributed by atoms with Crippen LogP contribution >= 0.6 is 23.2 Å². The van der Waals surface area contributed by atoms with Gasteiger partial charge in [-0.1, -0.05) is 41.4 Å². The van der Waals surface area contributed by atoms with Gasteiger partial charge in [-0.15, -0.1) is 0 Å². The molecule has 1 saturated heterocycles. The predicted molar refractivity (Wildman–Crippen MR) is 122 cm³/mol. The molecule has 1 N–H and O–H groups in total. The Bertz CT molecular complexity index is 1060. The van der Waals surface area contributed by atoms with E-state index >= 15 is 0 Å². The second-order valence-corrected chi connectivity index (χ2v) is 8.09. The Labute approximate surface area is 185 Å². The van der Waals surface area contributed by atoms with E-state index in [1.807, 2.05) is 48.5 Å². The van der Waals surface area contributed by atoms with Crippen molar-refractivity contribution in [3.05, 3.63) is 74.6 Å². The molecule has 2 aromatic carbocycles. The quantitative estimate of drug-likeness (QED) is 0.624. The maximum absolute atomic E-state index is 12.5. The van der Waals surface area contributed by atoms with Gasteiger partial charge in [0.2, 0.25) is 0 Å². The van der Waals surface area contributed by atoms with Crippen LogP contribution in [0, 0.1) is 0 Å². The number of piperazine rings is 1. The van der Waals surface area contributed by atoms with Gasteiger partial charge in [0.15, 0.2) is 0 Å². The topological polar surface area (TPSA) is 53.5 Å². The number of aromatic nitrogens is 2. The molecule has 0 aliphatic carbocycles. The highest BCUT2D eigenvalue weighted by atomic mass is 35.5. The molecule has 3 aromatic rings. The van der Waals surface area contributed by atoms with Crippen molar-refractivity contribution >= 4 is 28.9 Å². The lowest BCUT2D eigenvalue weighted by Crippen LogP contribution is -2.47. The smallest absolute Gasteiger partial charge is 0.290 e. The van der Waals surface area contributed by atoms with Gasteiger partial charge in [-0.3, -0.25) is 14.8 Å². The summed E-state index contributed by atoms with van der Waals surface area (Å²) in [6.07, 6.45) is 0.689. The van der Waals surface area contributed by atoms with Gasteiger partial charge < -0.3 is 9.64 Å². The van der Waals surface area contributed by atoms with Gasteiger partial charge in [0.05, 0.1) is 24.2 Å². The molecule has 30 heavy (non-hydrogen) atoms. The first-order valence-electron chi connectivity index (χ1n) is 9.92. The molecule has 2 heterocycles. The molecular weight excluding hydrogens is 423 g/mol. The molecule has 158 valence electrons. The van der Waals surface area contributed by atoms with Crippen LogP contribution in [-0.4, -0.2) is 54.5 Å². The molecule has 0 amide bonds. The largest absolute Gasteiger partial charge is 0.495 e. The number of methoxy groups -OCH3 is 1. The number of para-hydroxylation sites is 1. The Morgan fingerprint density at radius 1 is 1.03 bits per heavy atom. The van der Waals surface area contributed by atoms with Crippen molar-refractivity contribution in [2.45, 2.75) is 6.42 Å². The second kappa shape index (κ2) is 9.16. The van der Waals surface area contributed by atoms with Crippen molar-refractivity contribution < 1.29 is 4.74 Å². The molecule has 1 aliphatic rings. The molecular formula is C22H24Cl2N4O2. The normalized spacial score (nSPS) is 14.8. The summed E-state index contributed by atoms with van der Waals surface area (Å²) in [4.78, 5) is 17.2. The third-order valence-electron chi connectivity index (χ3n) is 5.45. The highest BCUT2D eigenvalue weighted by molar-refractivity contribution is 6.31. The van der Waals surface area contributed by atoms with Crippen molar-refractivity contribution in [2.24, 2.45) is 0 Å². The molecule has 1 aliphatic heterocycles. The van der Waals surface area contributed by atoms with Gasteiger partial charge in [-0.05, 0) is 30.3 Å². The number of anilines is 1. The predicted octanol–water partition coefficient (Wildman–Crippen LogP) is 3.85.